The maximum atomic E-state index is 13.3. The Labute approximate surface area is 126 Å². The summed E-state index contributed by atoms with van der Waals surface area (Å²) in [5.41, 5.74) is 6.75. The van der Waals surface area contributed by atoms with Gasteiger partial charge in [0, 0.05) is 10.9 Å². The number of halogens is 1. The van der Waals surface area contributed by atoms with Crippen molar-refractivity contribution in [3.8, 4) is 11.8 Å². The number of hydrogen-bond acceptors (Lipinski definition) is 4. The Morgan fingerprint density at radius 1 is 1.52 bits per heavy atom. The zero-order chi connectivity index (χ0) is 15.2. The third-order valence-electron chi connectivity index (χ3n) is 2.65. The zero-order valence-electron chi connectivity index (χ0n) is 11.4. The van der Waals surface area contributed by atoms with Gasteiger partial charge in [0.25, 0.3) is 5.91 Å². The molecule has 0 aliphatic heterocycles. The van der Waals surface area contributed by atoms with Crippen LogP contribution in [0, 0.1) is 24.6 Å². The summed E-state index contributed by atoms with van der Waals surface area (Å²) in [5, 5.41) is 5.57. The Bertz CT molecular complexity index is 715. The standard InChI is InChI=1S/C15H14FN3OS/c1-10-19-13(9-21-10)8-18-15(20)14-5-4-12(16)7-11(14)3-2-6-17/h4-5,7,9H,6,8,17H2,1H3,(H,18,20). The number of nitrogens with two attached hydrogens (primary N) is 1. The van der Waals surface area contributed by atoms with Gasteiger partial charge in [-0.25, -0.2) is 9.37 Å². The van der Waals surface area contributed by atoms with E-state index in [1.165, 1.54) is 29.5 Å². The highest BCUT2D eigenvalue weighted by atomic mass is 32.1. The summed E-state index contributed by atoms with van der Waals surface area (Å²) in [4.78, 5) is 16.4. The van der Waals surface area contributed by atoms with Crippen LogP contribution in [0.5, 0.6) is 0 Å². The normalized spacial score (nSPS) is 9.86. The molecule has 1 aromatic heterocycles. The first kappa shape index (κ1) is 15.2. The van der Waals surface area contributed by atoms with Crippen molar-refractivity contribution in [2.45, 2.75) is 13.5 Å². The monoisotopic (exact) mass is 303 g/mol. The van der Waals surface area contributed by atoms with Gasteiger partial charge in [-0.15, -0.1) is 11.3 Å². The number of rotatable bonds is 3. The highest BCUT2D eigenvalue weighted by Crippen LogP contribution is 2.12. The number of carbonyl (C=O) groups excluding carboxylic acids is 1. The molecule has 21 heavy (non-hydrogen) atoms. The van der Waals surface area contributed by atoms with Crippen molar-refractivity contribution in [3.63, 3.8) is 0 Å². The van der Waals surface area contributed by atoms with E-state index >= 15 is 0 Å². The molecule has 0 spiro atoms. The molecule has 0 saturated heterocycles. The van der Waals surface area contributed by atoms with Crippen molar-refractivity contribution < 1.29 is 9.18 Å². The molecule has 0 radical (unpaired) electrons. The molecule has 2 aromatic rings. The van der Waals surface area contributed by atoms with Crippen LogP contribution < -0.4 is 11.1 Å². The number of carbonyl (C=O) groups is 1. The lowest BCUT2D eigenvalue weighted by Crippen LogP contribution is -2.24. The maximum absolute atomic E-state index is 13.3. The van der Waals surface area contributed by atoms with Gasteiger partial charge in [0.05, 0.1) is 29.4 Å². The molecule has 0 saturated carbocycles. The van der Waals surface area contributed by atoms with Crippen molar-refractivity contribution in [3.05, 3.63) is 51.2 Å². The Morgan fingerprint density at radius 2 is 2.33 bits per heavy atom. The van der Waals surface area contributed by atoms with Crippen molar-refractivity contribution >= 4 is 17.2 Å². The van der Waals surface area contributed by atoms with Gasteiger partial charge in [-0.2, -0.15) is 0 Å². The summed E-state index contributed by atoms with van der Waals surface area (Å²) >= 11 is 1.52. The number of nitrogens with one attached hydrogen (secondary N) is 1. The average Bonchev–Trinajstić information content (AvgIpc) is 2.88. The van der Waals surface area contributed by atoms with E-state index in [1.54, 1.807) is 0 Å². The number of thiazole rings is 1. The van der Waals surface area contributed by atoms with Gasteiger partial charge in [-0.3, -0.25) is 4.79 Å². The summed E-state index contributed by atoms with van der Waals surface area (Å²) in [7, 11) is 0. The topological polar surface area (TPSA) is 68.0 Å². The predicted octanol–water partition coefficient (Wildman–Crippen LogP) is 1.83. The largest absolute Gasteiger partial charge is 0.346 e. The van der Waals surface area contributed by atoms with Gasteiger partial charge in [0.2, 0.25) is 0 Å². The van der Waals surface area contributed by atoms with Crippen LogP contribution >= 0.6 is 11.3 Å². The maximum Gasteiger partial charge on any atom is 0.252 e. The first-order valence-electron chi connectivity index (χ1n) is 6.28. The molecule has 0 unspecified atom stereocenters. The SMILES string of the molecule is Cc1nc(CNC(=O)c2ccc(F)cc2C#CCN)cs1. The van der Waals surface area contributed by atoms with Gasteiger partial charge < -0.3 is 11.1 Å². The molecule has 0 fully saturated rings. The van der Waals surface area contributed by atoms with E-state index in [1.807, 2.05) is 12.3 Å². The molecule has 1 amide bonds. The molecule has 2 rings (SSSR count). The average molecular weight is 303 g/mol. The molecule has 6 heteroatoms. The first-order chi connectivity index (χ1) is 10.1. The Morgan fingerprint density at radius 3 is 3.00 bits per heavy atom. The molecule has 3 N–H and O–H groups in total. The summed E-state index contributed by atoms with van der Waals surface area (Å²) in [5.74, 6) is 4.57. The second kappa shape index (κ2) is 6.97. The van der Waals surface area contributed by atoms with Gasteiger partial charge in [0.15, 0.2) is 0 Å². The molecule has 108 valence electrons. The molecule has 1 heterocycles. The molecule has 0 aliphatic carbocycles. The van der Waals surface area contributed by atoms with E-state index < -0.39 is 5.82 Å². The minimum Gasteiger partial charge on any atom is -0.346 e. The van der Waals surface area contributed by atoms with E-state index in [2.05, 4.69) is 22.1 Å². The van der Waals surface area contributed by atoms with Crippen LogP contribution in [0.2, 0.25) is 0 Å². The summed E-state index contributed by atoms with van der Waals surface area (Å²) in [6.07, 6.45) is 0. The van der Waals surface area contributed by atoms with Gasteiger partial charge in [-0.1, -0.05) is 11.8 Å². The van der Waals surface area contributed by atoms with Gasteiger partial charge >= 0.3 is 0 Å². The third kappa shape index (κ3) is 4.12. The van der Waals surface area contributed by atoms with Crippen molar-refractivity contribution in [1.29, 1.82) is 0 Å². The number of aromatic nitrogens is 1. The summed E-state index contributed by atoms with van der Waals surface area (Å²) in [6, 6.07) is 3.87. The molecular formula is C15H14FN3OS. The van der Waals surface area contributed by atoms with Crippen LogP contribution in [0.1, 0.15) is 26.6 Å². The smallest absolute Gasteiger partial charge is 0.252 e. The van der Waals surface area contributed by atoms with Crippen LogP contribution in [-0.2, 0) is 6.54 Å². The van der Waals surface area contributed by atoms with Crippen molar-refractivity contribution in [2.75, 3.05) is 6.54 Å². The highest BCUT2D eigenvalue weighted by Gasteiger charge is 2.11. The Hall–Kier alpha value is -2.23. The van der Waals surface area contributed by atoms with Gasteiger partial charge in [-0.05, 0) is 25.1 Å². The second-order valence-corrected chi connectivity index (χ2v) is 5.30. The molecule has 1 aromatic carbocycles. The molecule has 0 atom stereocenters. The third-order valence-corrected chi connectivity index (χ3v) is 3.47. The number of benzene rings is 1. The fourth-order valence-corrected chi connectivity index (χ4v) is 2.33. The molecular weight excluding hydrogens is 289 g/mol. The Kier molecular flexibility index (Phi) is 5.04. The van der Waals surface area contributed by atoms with Crippen LogP contribution in [-0.4, -0.2) is 17.4 Å². The fourth-order valence-electron chi connectivity index (χ4n) is 1.72. The number of hydrogen-bond donors (Lipinski definition) is 2. The van der Waals surface area contributed by atoms with Crippen LogP contribution in [0.4, 0.5) is 4.39 Å². The number of aryl methyl sites for hydroxylation is 1. The first-order valence-corrected chi connectivity index (χ1v) is 7.16. The predicted molar refractivity (Wildman–Crippen MR) is 80.4 cm³/mol. The minimum absolute atomic E-state index is 0.148. The molecule has 4 nitrogen and oxygen atoms in total. The van der Waals surface area contributed by atoms with Crippen molar-refractivity contribution in [2.24, 2.45) is 5.73 Å². The lowest BCUT2D eigenvalue weighted by molar-refractivity contribution is 0.0950. The Balaban J connectivity index is 2.14. The number of amides is 1. The summed E-state index contributed by atoms with van der Waals surface area (Å²) in [6.45, 7) is 2.37. The number of nitrogens with zero attached hydrogens (tertiary/aromatic N) is 1. The second-order valence-electron chi connectivity index (χ2n) is 4.24. The minimum atomic E-state index is -0.442. The van der Waals surface area contributed by atoms with E-state index in [0.717, 1.165) is 10.7 Å². The molecule has 0 bridgehead atoms. The summed E-state index contributed by atoms with van der Waals surface area (Å²) < 4.78 is 13.3. The lowest BCUT2D eigenvalue weighted by Gasteiger charge is -2.06. The quantitative estimate of drug-likeness (QED) is 0.850. The zero-order valence-corrected chi connectivity index (χ0v) is 12.3. The van der Waals surface area contributed by atoms with Crippen LogP contribution in [0.3, 0.4) is 0 Å². The van der Waals surface area contributed by atoms with E-state index in [-0.39, 0.29) is 12.5 Å². The van der Waals surface area contributed by atoms with E-state index in [0.29, 0.717) is 17.7 Å². The molecule has 0 aliphatic rings. The highest BCUT2D eigenvalue weighted by molar-refractivity contribution is 7.09. The fraction of sp³-hybridized carbons (Fsp3) is 0.200. The lowest BCUT2D eigenvalue weighted by atomic mass is 10.1. The van der Waals surface area contributed by atoms with Gasteiger partial charge in [0.1, 0.15) is 5.82 Å². The van der Waals surface area contributed by atoms with E-state index in [4.69, 9.17) is 5.73 Å². The van der Waals surface area contributed by atoms with Crippen molar-refractivity contribution in [1.82, 2.24) is 10.3 Å². The van der Waals surface area contributed by atoms with E-state index in [9.17, 15) is 9.18 Å². The van der Waals surface area contributed by atoms with Crippen LogP contribution in [0.25, 0.3) is 0 Å². The van der Waals surface area contributed by atoms with Crippen LogP contribution in [0.15, 0.2) is 23.6 Å².